The first-order valence-electron chi connectivity index (χ1n) is 5.90. The lowest BCUT2D eigenvalue weighted by Crippen LogP contribution is -2.15. The maximum atomic E-state index is 9.29. The normalized spacial score (nSPS) is 10.7. The van der Waals surface area contributed by atoms with E-state index in [9.17, 15) is 5.26 Å². The van der Waals surface area contributed by atoms with E-state index in [2.05, 4.69) is 38.5 Å². The minimum atomic E-state index is 0.671. The monoisotopic (exact) mass is 366 g/mol. The SMILES string of the molecule is Cc1ncn(-c2ccc(I)cc2C#N)c1CN(C)C. The highest BCUT2D eigenvalue weighted by Crippen LogP contribution is 2.21. The Morgan fingerprint density at radius 3 is 2.79 bits per heavy atom. The third kappa shape index (κ3) is 2.96. The summed E-state index contributed by atoms with van der Waals surface area (Å²) in [7, 11) is 4.05. The molecule has 0 aliphatic heterocycles. The summed E-state index contributed by atoms with van der Waals surface area (Å²) < 4.78 is 3.06. The van der Waals surface area contributed by atoms with Crippen molar-refractivity contribution in [3.8, 4) is 11.8 Å². The predicted molar refractivity (Wildman–Crippen MR) is 83.1 cm³/mol. The smallest absolute Gasteiger partial charge is 0.101 e. The second-order valence-electron chi connectivity index (χ2n) is 4.66. The van der Waals surface area contributed by atoms with Crippen LogP contribution in [0.2, 0.25) is 0 Å². The lowest BCUT2D eigenvalue weighted by atomic mass is 10.2. The van der Waals surface area contributed by atoms with Crippen molar-refractivity contribution in [3.63, 3.8) is 0 Å². The summed E-state index contributed by atoms with van der Waals surface area (Å²) in [6.45, 7) is 2.79. The van der Waals surface area contributed by atoms with Gasteiger partial charge in [-0.05, 0) is 61.8 Å². The molecule has 1 heterocycles. The van der Waals surface area contributed by atoms with Crippen LogP contribution in [0.15, 0.2) is 24.5 Å². The first-order valence-corrected chi connectivity index (χ1v) is 6.98. The maximum Gasteiger partial charge on any atom is 0.101 e. The van der Waals surface area contributed by atoms with Gasteiger partial charge in [0.1, 0.15) is 6.07 Å². The zero-order valence-electron chi connectivity index (χ0n) is 11.2. The molecule has 1 aromatic carbocycles. The highest BCUT2D eigenvalue weighted by molar-refractivity contribution is 14.1. The minimum Gasteiger partial charge on any atom is -0.304 e. The molecular weight excluding hydrogens is 351 g/mol. The number of hydrogen-bond acceptors (Lipinski definition) is 3. The molecule has 0 saturated heterocycles. The standard InChI is InChI=1S/C14H15IN4/c1-10-14(8-18(2)3)19(9-17-10)13-5-4-12(15)6-11(13)7-16/h4-6,9H,8H2,1-3H3. The van der Waals surface area contributed by atoms with Crippen LogP contribution in [0.4, 0.5) is 0 Å². The number of hydrogen-bond donors (Lipinski definition) is 0. The third-order valence-corrected chi connectivity index (χ3v) is 3.55. The van der Waals surface area contributed by atoms with Gasteiger partial charge in [0.2, 0.25) is 0 Å². The van der Waals surface area contributed by atoms with Gasteiger partial charge in [-0.15, -0.1) is 0 Å². The van der Waals surface area contributed by atoms with Gasteiger partial charge in [0, 0.05) is 10.1 Å². The molecule has 98 valence electrons. The second-order valence-corrected chi connectivity index (χ2v) is 5.90. The van der Waals surface area contributed by atoms with Crippen LogP contribution in [0, 0.1) is 21.8 Å². The largest absolute Gasteiger partial charge is 0.304 e. The Balaban J connectivity index is 2.57. The molecular formula is C14H15IN4. The number of imidazole rings is 1. The van der Waals surface area contributed by atoms with Gasteiger partial charge in [-0.1, -0.05) is 0 Å². The van der Waals surface area contributed by atoms with Crippen molar-refractivity contribution in [2.75, 3.05) is 14.1 Å². The van der Waals surface area contributed by atoms with Crippen LogP contribution in [-0.2, 0) is 6.54 Å². The predicted octanol–water partition coefficient (Wildman–Crippen LogP) is 2.72. The van der Waals surface area contributed by atoms with E-state index in [4.69, 9.17) is 0 Å². The molecule has 0 atom stereocenters. The van der Waals surface area contributed by atoms with E-state index in [1.165, 1.54) is 0 Å². The van der Waals surface area contributed by atoms with Crippen LogP contribution in [0.25, 0.3) is 5.69 Å². The Bertz CT molecular complexity index is 637. The van der Waals surface area contributed by atoms with Crippen molar-refractivity contribution in [2.24, 2.45) is 0 Å². The van der Waals surface area contributed by atoms with E-state index in [-0.39, 0.29) is 0 Å². The summed E-state index contributed by atoms with van der Waals surface area (Å²) >= 11 is 2.21. The molecule has 0 radical (unpaired) electrons. The van der Waals surface area contributed by atoms with E-state index in [1.54, 1.807) is 6.33 Å². The Labute approximate surface area is 126 Å². The van der Waals surface area contributed by atoms with Gasteiger partial charge in [0.25, 0.3) is 0 Å². The molecule has 0 saturated carbocycles. The van der Waals surface area contributed by atoms with Crippen molar-refractivity contribution in [1.29, 1.82) is 5.26 Å². The molecule has 0 aliphatic carbocycles. The fourth-order valence-corrected chi connectivity index (χ4v) is 2.46. The van der Waals surface area contributed by atoms with Crippen molar-refractivity contribution in [3.05, 3.63) is 45.0 Å². The average molecular weight is 366 g/mol. The topological polar surface area (TPSA) is 44.9 Å². The molecule has 0 bridgehead atoms. The zero-order valence-corrected chi connectivity index (χ0v) is 13.3. The fraction of sp³-hybridized carbons (Fsp3) is 0.286. The van der Waals surface area contributed by atoms with Gasteiger partial charge >= 0.3 is 0 Å². The zero-order chi connectivity index (χ0) is 14.0. The molecule has 0 amide bonds. The Morgan fingerprint density at radius 1 is 1.42 bits per heavy atom. The van der Waals surface area contributed by atoms with Crippen LogP contribution in [0.1, 0.15) is 17.0 Å². The quantitative estimate of drug-likeness (QED) is 0.785. The van der Waals surface area contributed by atoms with Gasteiger partial charge in [-0.3, -0.25) is 0 Å². The van der Waals surface area contributed by atoms with Gasteiger partial charge < -0.3 is 9.47 Å². The molecule has 0 aliphatic rings. The Morgan fingerprint density at radius 2 is 2.16 bits per heavy atom. The number of benzene rings is 1. The maximum absolute atomic E-state index is 9.29. The van der Waals surface area contributed by atoms with Crippen molar-refractivity contribution in [1.82, 2.24) is 14.5 Å². The summed E-state index contributed by atoms with van der Waals surface area (Å²) in [5.74, 6) is 0. The molecule has 2 rings (SSSR count). The Kier molecular flexibility index (Phi) is 4.22. The lowest BCUT2D eigenvalue weighted by molar-refractivity contribution is 0.393. The molecule has 1 aromatic heterocycles. The first-order chi connectivity index (χ1) is 9.02. The van der Waals surface area contributed by atoms with Gasteiger partial charge in [0.05, 0.1) is 29.0 Å². The van der Waals surface area contributed by atoms with E-state index in [0.29, 0.717) is 5.56 Å². The summed E-state index contributed by atoms with van der Waals surface area (Å²) in [5, 5.41) is 9.29. The molecule has 4 nitrogen and oxygen atoms in total. The minimum absolute atomic E-state index is 0.671. The summed E-state index contributed by atoms with van der Waals surface area (Å²) in [6, 6.07) is 8.13. The Hall–Kier alpha value is -1.39. The number of nitrogens with zero attached hydrogens (tertiary/aromatic N) is 4. The van der Waals surface area contributed by atoms with Gasteiger partial charge in [-0.25, -0.2) is 4.98 Å². The molecule has 5 heteroatoms. The van der Waals surface area contributed by atoms with Crippen molar-refractivity contribution < 1.29 is 0 Å². The fourth-order valence-electron chi connectivity index (χ4n) is 1.97. The molecule has 19 heavy (non-hydrogen) atoms. The summed E-state index contributed by atoms with van der Waals surface area (Å²) in [6.07, 6.45) is 1.79. The molecule has 0 spiro atoms. The van der Waals surface area contributed by atoms with Crippen LogP contribution in [0.5, 0.6) is 0 Å². The van der Waals surface area contributed by atoms with E-state index in [1.807, 2.05) is 43.8 Å². The molecule has 0 unspecified atom stereocenters. The number of rotatable bonds is 3. The van der Waals surface area contributed by atoms with Crippen LogP contribution in [0.3, 0.4) is 0 Å². The van der Waals surface area contributed by atoms with Crippen LogP contribution in [-0.4, -0.2) is 28.5 Å². The number of aryl methyl sites for hydroxylation is 1. The van der Waals surface area contributed by atoms with E-state index >= 15 is 0 Å². The molecule has 0 fully saturated rings. The van der Waals surface area contributed by atoms with Crippen LogP contribution >= 0.6 is 22.6 Å². The first kappa shape index (κ1) is 14.0. The highest BCUT2D eigenvalue weighted by Gasteiger charge is 2.13. The lowest BCUT2D eigenvalue weighted by Gasteiger charge is -2.14. The highest BCUT2D eigenvalue weighted by atomic mass is 127. The van der Waals surface area contributed by atoms with Gasteiger partial charge in [0.15, 0.2) is 0 Å². The number of aromatic nitrogens is 2. The number of halogens is 1. The van der Waals surface area contributed by atoms with Crippen LogP contribution < -0.4 is 0 Å². The average Bonchev–Trinajstić information content (AvgIpc) is 2.70. The van der Waals surface area contributed by atoms with Crippen molar-refractivity contribution >= 4 is 22.6 Å². The van der Waals surface area contributed by atoms with Gasteiger partial charge in [-0.2, -0.15) is 5.26 Å². The van der Waals surface area contributed by atoms with E-state index in [0.717, 1.165) is 27.2 Å². The molecule has 0 N–H and O–H groups in total. The second kappa shape index (κ2) is 5.72. The third-order valence-electron chi connectivity index (χ3n) is 2.88. The van der Waals surface area contributed by atoms with E-state index < -0.39 is 0 Å². The van der Waals surface area contributed by atoms with Crippen molar-refractivity contribution in [2.45, 2.75) is 13.5 Å². The molecule has 2 aromatic rings. The number of nitriles is 1. The summed E-state index contributed by atoms with van der Waals surface area (Å²) in [5.41, 5.74) is 3.67. The summed E-state index contributed by atoms with van der Waals surface area (Å²) in [4.78, 5) is 6.47.